The van der Waals surface area contributed by atoms with E-state index in [1.807, 2.05) is 13.8 Å². The van der Waals surface area contributed by atoms with Crippen LogP contribution in [0.4, 0.5) is 23.7 Å². The number of amides is 2. The highest BCUT2D eigenvalue weighted by Crippen LogP contribution is 2.47. The van der Waals surface area contributed by atoms with Gasteiger partial charge in [0.2, 0.25) is 0 Å². The van der Waals surface area contributed by atoms with Gasteiger partial charge in [-0.2, -0.15) is 13.2 Å². The molecule has 0 bridgehead atoms. The monoisotopic (exact) mass is 412 g/mol. The van der Waals surface area contributed by atoms with Crippen LogP contribution in [0.3, 0.4) is 0 Å². The topological polar surface area (TPSA) is 64.1 Å². The molecule has 1 N–H and O–H groups in total. The minimum atomic E-state index is -4.79. The lowest BCUT2D eigenvalue weighted by molar-refractivity contribution is -0.152. The first kappa shape index (κ1) is 22.6. The van der Waals surface area contributed by atoms with Crippen molar-refractivity contribution in [3.8, 4) is 0 Å². The molecule has 1 atom stereocenters. The number of nitrogens with zero attached hydrogens (tertiary/aromatic N) is 3. The highest BCUT2D eigenvalue weighted by Gasteiger charge is 2.49. The van der Waals surface area contributed by atoms with Crippen LogP contribution in [0.1, 0.15) is 45.1 Å². The fraction of sp³-hybridized carbons (Fsp3) is 0.500. The summed E-state index contributed by atoms with van der Waals surface area (Å²) in [5.74, 6) is -3.96. The molecule has 1 unspecified atom stereocenters. The number of carboxylic acids is 1. The molecular formula is C20H25F3N3O3. The summed E-state index contributed by atoms with van der Waals surface area (Å²) in [5, 5.41) is 11.9. The molecule has 1 aliphatic rings. The summed E-state index contributed by atoms with van der Waals surface area (Å²) in [6, 6.07) is 6.18. The lowest BCUT2D eigenvalue weighted by atomic mass is 9.87. The quantitative estimate of drug-likeness (QED) is 0.721. The van der Waals surface area contributed by atoms with Gasteiger partial charge in [-0.3, -0.25) is 5.01 Å². The largest absolute Gasteiger partial charge is 0.478 e. The Morgan fingerprint density at radius 1 is 1.21 bits per heavy atom. The normalized spacial score (nSPS) is 16.1. The summed E-state index contributed by atoms with van der Waals surface area (Å²) in [4.78, 5) is 26.4. The van der Waals surface area contributed by atoms with E-state index in [1.165, 1.54) is 28.2 Å². The first-order valence-corrected chi connectivity index (χ1v) is 9.54. The van der Waals surface area contributed by atoms with E-state index < -0.39 is 29.7 Å². The Balaban J connectivity index is 2.59. The minimum absolute atomic E-state index is 0.0861. The number of hydrogen-bond acceptors (Lipinski definition) is 3. The van der Waals surface area contributed by atoms with Gasteiger partial charge in [-0.25, -0.2) is 14.6 Å². The molecule has 1 aromatic carbocycles. The number of rotatable bonds is 7. The number of fused-ring (bicyclic) bond motifs is 1. The van der Waals surface area contributed by atoms with Gasteiger partial charge < -0.3 is 10.0 Å². The summed E-state index contributed by atoms with van der Waals surface area (Å²) in [5.41, 5.74) is -0.970. The molecule has 0 fully saturated rings. The molecule has 0 spiro atoms. The molecule has 1 aromatic rings. The molecule has 0 saturated heterocycles. The minimum Gasteiger partial charge on any atom is -0.478 e. The molecular weight excluding hydrogens is 387 g/mol. The molecule has 1 heterocycles. The van der Waals surface area contributed by atoms with E-state index in [4.69, 9.17) is 0 Å². The fourth-order valence-corrected chi connectivity index (χ4v) is 3.44. The van der Waals surface area contributed by atoms with Gasteiger partial charge in [0.15, 0.2) is 0 Å². The maximum atomic E-state index is 13.7. The third kappa shape index (κ3) is 4.65. The summed E-state index contributed by atoms with van der Waals surface area (Å²) in [7, 11) is 0. The van der Waals surface area contributed by atoms with Crippen LogP contribution in [0.5, 0.6) is 0 Å². The molecule has 2 rings (SSSR count). The first-order valence-electron chi connectivity index (χ1n) is 9.54. The Labute approximate surface area is 168 Å². The van der Waals surface area contributed by atoms with Crippen molar-refractivity contribution in [2.75, 3.05) is 24.6 Å². The van der Waals surface area contributed by atoms with Crippen LogP contribution < -0.4 is 5.01 Å². The third-order valence-electron chi connectivity index (χ3n) is 4.62. The molecule has 2 amide bonds. The van der Waals surface area contributed by atoms with Crippen molar-refractivity contribution in [1.29, 1.82) is 0 Å². The SMILES string of the molecule is CCCN(CCC)C(=O)N(CC)N1C=C(C(=O)O)C(C(F)(F)F)c2cc[c]cc21. The van der Waals surface area contributed by atoms with E-state index in [1.54, 1.807) is 11.8 Å². The number of hydrazine groups is 1. The summed E-state index contributed by atoms with van der Waals surface area (Å²) in [6.07, 6.45) is -2.45. The number of anilines is 1. The van der Waals surface area contributed by atoms with E-state index in [9.17, 15) is 27.9 Å². The van der Waals surface area contributed by atoms with Gasteiger partial charge in [0.1, 0.15) is 5.92 Å². The first-order chi connectivity index (χ1) is 13.7. The van der Waals surface area contributed by atoms with Crippen LogP contribution in [0.25, 0.3) is 0 Å². The molecule has 9 heteroatoms. The second-order valence-corrected chi connectivity index (χ2v) is 6.68. The Hall–Kier alpha value is -2.71. The van der Waals surface area contributed by atoms with Crippen LogP contribution in [0.2, 0.25) is 0 Å². The zero-order valence-electron chi connectivity index (χ0n) is 16.7. The summed E-state index contributed by atoms with van der Waals surface area (Å²) in [6.45, 7) is 6.67. The molecule has 159 valence electrons. The summed E-state index contributed by atoms with van der Waals surface area (Å²) >= 11 is 0. The Kier molecular flexibility index (Phi) is 7.16. The number of carboxylic acid groups (broad SMARTS) is 1. The van der Waals surface area contributed by atoms with Gasteiger partial charge in [0.25, 0.3) is 0 Å². The second kappa shape index (κ2) is 9.19. The van der Waals surface area contributed by atoms with Crippen LogP contribution in [-0.2, 0) is 4.79 Å². The molecule has 0 aliphatic carbocycles. The highest BCUT2D eigenvalue weighted by molar-refractivity contribution is 5.92. The van der Waals surface area contributed by atoms with Crippen molar-refractivity contribution in [2.45, 2.75) is 45.7 Å². The highest BCUT2D eigenvalue weighted by atomic mass is 19.4. The number of carbonyl (C=O) groups excluding carboxylic acids is 1. The van der Waals surface area contributed by atoms with Gasteiger partial charge in [-0.15, -0.1) is 0 Å². The number of alkyl halides is 3. The third-order valence-corrected chi connectivity index (χ3v) is 4.62. The smallest absolute Gasteiger partial charge is 0.400 e. The zero-order valence-corrected chi connectivity index (χ0v) is 16.7. The maximum absolute atomic E-state index is 13.7. The van der Waals surface area contributed by atoms with E-state index >= 15 is 0 Å². The van der Waals surface area contributed by atoms with Crippen molar-refractivity contribution in [2.24, 2.45) is 0 Å². The van der Waals surface area contributed by atoms with E-state index in [0.29, 0.717) is 13.1 Å². The Morgan fingerprint density at radius 2 is 1.83 bits per heavy atom. The Bertz CT molecular complexity index is 774. The van der Waals surface area contributed by atoms with Crippen molar-refractivity contribution in [3.05, 3.63) is 41.6 Å². The molecule has 0 aromatic heterocycles. The second-order valence-electron chi connectivity index (χ2n) is 6.68. The van der Waals surface area contributed by atoms with Crippen LogP contribution in [-0.4, -0.2) is 52.8 Å². The van der Waals surface area contributed by atoms with Crippen LogP contribution in [0, 0.1) is 6.07 Å². The van der Waals surface area contributed by atoms with Gasteiger partial charge in [-0.1, -0.05) is 26.0 Å². The van der Waals surface area contributed by atoms with Crippen LogP contribution in [0.15, 0.2) is 30.0 Å². The number of halogens is 3. The molecule has 1 aliphatic heterocycles. The van der Waals surface area contributed by atoms with Crippen LogP contribution >= 0.6 is 0 Å². The van der Waals surface area contributed by atoms with E-state index in [0.717, 1.165) is 19.0 Å². The van der Waals surface area contributed by atoms with Gasteiger partial charge in [-0.05, 0) is 37.5 Å². The maximum Gasteiger partial charge on any atom is 0.400 e. The molecule has 0 saturated carbocycles. The Morgan fingerprint density at radius 3 is 2.31 bits per heavy atom. The van der Waals surface area contributed by atoms with E-state index in [2.05, 4.69) is 6.07 Å². The van der Waals surface area contributed by atoms with Gasteiger partial charge in [0.05, 0.1) is 11.3 Å². The summed E-state index contributed by atoms with van der Waals surface area (Å²) < 4.78 is 41.1. The predicted molar refractivity (Wildman–Crippen MR) is 102 cm³/mol. The van der Waals surface area contributed by atoms with E-state index in [-0.39, 0.29) is 17.8 Å². The van der Waals surface area contributed by atoms with Gasteiger partial charge in [0, 0.05) is 25.8 Å². The number of carbonyl (C=O) groups is 2. The zero-order chi connectivity index (χ0) is 21.8. The van der Waals surface area contributed by atoms with Crippen molar-refractivity contribution >= 4 is 17.7 Å². The number of benzene rings is 1. The average Bonchev–Trinajstić information content (AvgIpc) is 2.66. The van der Waals surface area contributed by atoms with Crippen molar-refractivity contribution in [3.63, 3.8) is 0 Å². The molecule has 29 heavy (non-hydrogen) atoms. The van der Waals surface area contributed by atoms with Gasteiger partial charge >= 0.3 is 18.2 Å². The van der Waals surface area contributed by atoms with Crippen molar-refractivity contribution in [1.82, 2.24) is 9.91 Å². The number of hydrogen-bond donors (Lipinski definition) is 1. The standard InChI is InChI=1S/C20H25F3N3O3/c1-4-11-24(12-5-2)19(29)25(6-3)26-13-15(18(27)28)17(20(21,22)23)14-9-7-8-10-16(14)26/h7,9-10,13,17H,4-6,11-12H2,1-3H3,(H,27,28). The lowest BCUT2D eigenvalue weighted by Gasteiger charge is -2.41. The molecule has 6 nitrogen and oxygen atoms in total. The number of urea groups is 1. The predicted octanol–water partition coefficient (Wildman–Crippen LogP) is 4.40. The number of aliphatic carboxylic acids is 1. The average molecular weight is 412 g/mol. The molecule has 1 radical (unpaired) electrons. The fourth-order valence-electron chi connectivity index (χ4n) is 3.44. The lowest BCUT2D eigenvalue weighted by Crippen LogP contribution is -2.52. The van der Waals surface area contributed by atoms with Crippen molar-refractivity contribution < 1.29 is 27.9 Å².